The van der Waals surface area contributed by atoms with Crippen LogP contribution in [-0.2, 0) is 13.6 Å². The van der Waals surface area contributed by atoms with Crippen molar-refractivity contribution in [2.45, 2.75) is 18.1 Å². The molecule has 0 aliphatic heterocycles. The Morgan fingerprint density at radius 3 is 3.06 bits per heavy atom. The first-order chi connectivity index (χ1) is 8.86. The minimum atomic E-state index is 0.816. The molecule has 2 aromatic rings. The number of aryl methyl sites for hydroxylation is 1. The van der Waals surface area contributed by atoms with Crippen molar-refractivity contribution in [2.24, 2.45) is 7.05 Å². The first-order valence-electron chi connectivity index (χ1n) is 5.82. The van der Waals surface area contributed by atoms with Crippen LogP contribution < -0.4 is 5.32 Å². The van der Waals surface area contributed by atoms with E-state index in [9.17, 15) is 0 Å². The Balaban J connectivity index is 1.56. The largest absolute Gasteiger partial charge is 0.311 e. The maximum absolute atomic E-state index is 4.25. The average Bonchev–Trinajstić information content (AvgIpc) is 2.81. The van der Waals surface area contributed by atoms with Gasteiger partial charge < -0.3 is 5.32 Å². The Labute approximate surface area is 110 Å². The quantitative estimate of drug-likeness (QED) is 0.591. The normalized spacial score (nSPS) is 10.7. The monoisotopic (exact) mass is 264 g/mol. The molecule has 6 nitrogen and oxygen atoms in total. The molecule has 18 heavy (non-hydrogen) atoms. The van der Waals surface area contributed by atoms with Gasteiger partial charge in [-0.15, -0.1) is 5.10 Å². The molecule has 0 spiro atoms. The van der Waals surface area contributed by atoms with E-state index in [2.05, 4.69) is 25.8 Å². The van der Waals surface area contributed by atoms with E-state index in [0.717, 1.165) is 36.1 Å². The second kappa shape index (κ2) is 7.07. The summed E-state index contributed by atoms with van der Waals surface area (Å²) in [5.41, 5.74) is 1.07. The number of pyridine rings is 1. The first-order valence-corrected chi connectivity index (χ1v) is 6.80. The summed E-state index contributed by atoms with van der Waals surface area (Å²) >= 11 is 1.67. The minimum Gasteiger partial charge on any atom is -0.311 e. The molecular weight excluding hydrogens is 248 g/mol. The summed E-state index contributed by atoms with van der Waals surface area (Å²) in [6, 6.07) is 5.95. The Hall–Kier alpha value is -1.47. The topological polar surface area (TPSA) is 68.5 Å². The zero-order chi connectivity index (χ0) is 12.6. The van der Waals surface area contributed by atoms with E-state index >= 15 is 0 Å². The lowest BCUT2D eigenvalue weighted by atomic mass is 10.3. The van der Waals surface area contributed by atoms with Crippen molar-refractivity contribution < 1.29 is 0 Å². The van der Waals surface area contributed by atoms with Crippen LogP contribution in [0, 0.1) is 0 Å². The number of aromatic nitrogens is 5. The number of tetrazole rings is 1. The van der Waals surface area contributed by atoms with Gasteiger partial charge in [-0.3, -0.25) is 4.98 Å². The zero-order valence-corrected chi connectivity index (χ0v) is 11.1. The highest BCUT2D eigenvalue weighted by Gasteiger charge is 2.01. The standard InChI is InChI=1S/C11H16N6S/c1-17-11(14-15-16-17)18-8-4-6-12-9-10-5-2-3-7-13-10/h2-3,5,7,12H,4,6,8-9H2,1H3. The summed E-state index contributed by atoms with van der Waals surface area (Å²) in [6.07, 6.45) is 2.89. The third-order valence-corrected chi connectivity index (χ3v) is 3.44. The highest BCUT2D eigenvalue weighted by molar-refractivity contribution is 7.99. The zero-order valence-electron chi connectivity index (χ0n) is 10.3. The average molecular weight is 264 g/mol. The van der Waals surface area contributed by atoms with Crippen LogP contribution in [0.1, 0.15) is 12.1 Å². The van der Waals surface area contributed by atoms with Crippen molar-refractivity contribution in [3.05, 3.63) is 30.1 Å². The minimum absolute atomic E-state index is 0.816. The summed E-state index contributed by atoms with van der Waals surface area (Å²) in [6.45, 7) is 1.78. The second-order valence-corrected chi connectivity index (χ2v) is 4.85. The van der Waals surface area contributed by atoms with E-state index in [4.69, 9.17) is 0 Å². The molecule has 0 unspecified atom stereocenters. The highest BCUT2D eigenvalue weighted by atomic mass is 32.2. The third kappa shape index (κ3) is 4.08. The Morgan fingerprint density at radius 2 is 2.33 bits per heavy atom. The molecule has 0 aliphatic carbocycles. The molecule has 2 aromatic heterocycles. The van der Waals surface area contributed by atoms with Crippen molar-refractivity contribution >= 4 is 11.8 Å². The van der Waals surface area contributed by atoms with Crippen LogP contribution in [0.4, 0.5) is 0 Å². The fourth-order valence-electron chi connectivity index (χ4n) is 1.42. The van der Waals surface area contributed by atoms with E-state index in [1.807, 2.05) is 31.4 Å². The molecule has 0 bridgehead atoms. The fraction of sp³-hybridized carbons (Fsp3) is 0.455. The van der Waals surface area contributed by atoms with Crippen LogP contribution >= 0.6 is 11.8 Å². The fourth-order valence-corrected chi connectivity index (χ4v) is 2.21. The lowest BCUT2D eigenvalue weighted by Gasteiger charge is -2.03. The molecule has 1 N–H and O–H groups in total. The molecule has 0 fully saturated rings. The van der Waals surface area contributed by atoms with Gasteiger partial charge in [-0.05, 0) is 35.5 Å². The number of hydrogen-bond acceptors (Lipinski definition) is 6. The number of nitrogens with zero attached hydrogens (tertiary/aromatic N) is 5. The molecule has 0 saturated carbocycles. The SMILES string of the molecule is Cn1nnnc1SCCCNCc1ccccn1. The van der Waals surface area contributed by atoms with Gasteiger partial charge in [-0.1, -0.05) is 17.8 Å². The Morgan fingerprint density at radius 1 is 1.39 bits per heavy atom. The van der Waals surface area contributed by atoms with Gasteiger partial charge in [-0.25, -0.2) is 4.68 Å². The summed E-state index contributed by atoms with van der Waals surface area (Å²) in [5, 5.41) is 15.5. The molecule has 0 radical (unpaired) electrons. The second-order valence-electron chi connectivity index (χ2n) is 3.78. The van der Waals surface area contributed by atoms with Crippen LogP contribution in [0.25, 0.3) is 0 Å². The van der Waals surface area contributed by atoms with Gasteiger partial charge in [0.15, 0.2) is 0 Å². The summed E-state index contributed by atoms with van der Waals surface area (Å²) in [4.78, 5) is 4.25. The van der Waals surface area contributed by atoms with Crippen molar-refractivity contribution in [3.8, 4) is 0 Å². The molecule has 96 valence electrons. The van der Waals surface area contributed by atoms with Crippen molar-refractivity contribution in [3.63, 3.8) is 0 Å². The number of hydrogen-bond donors (Lipinski definition) is 1. The maximum Gasteiger partial charge on any atom is 0.209 e. The maximum atomic E-state index is 4.25. The molecule has 0 atom stereocenters. The van der Waals surface area contributed by atoms with Gasteiger partial charge in [0.1, 0.15) is 0 Å². The van der Waals surface area contributed by atoms with Gasteiger partial charge in [0, 0.05) is 25.5 Å². The lowest BCUT2D eigenvalue weighted by molar-refractivity contribution is 0.658. The molecule has 2 rings (SSSR count). The van der Waals surface area contributed by atoms with Crippen LogP contribution in [0.15, 0.2) is 29.6 Å². The number of thioether (sulfide) groups is 1. The number of nitrogens with one attached hydrogen (secondary N) is 1. The first kappa shape index (κ1) is 13.0. The van der Waals surface area contributed by atoms with Gasteiger partial charge in [0.2, 0.25) is 5.16 Å². The number of rotatable bonds is 7. The van der Waals surface area contributed by atoms with Crippen LogP contribution in [0.2, 0.25) is 0 Å². The molecule has 7 heteroatoms. The predicted octanol–water partition coefficient (Wildman–Crippen LogP) is 0.877. The smallest absolute Gasteiger partial charge is 0.209 e. The van der Waals surface area contributed by atoms with Gasteiger partial charge in [0.05, 0.1) is 5.69 Å². The molecule has 0 saturated heterocycles. The van der Waals surface area contributed by atoms with E-state index in [-0.39, 0.29) is 0 Å². The van der Waals surface area contributed by atoms with E-state index in [1.54, 1.807) is 16.4 Å². The van der Waals surface area contributed by atoms with Crippen LogP contribution in [0.5, 0.6) is 0 Å². The Kier molecular flexibility index (Phi) is 5.10. The lowest BCUT2D eigenvalue weighted by Crippen LogP contribution is -2.16. The third-order valence-electron chi connectivity index (χ3n) is 2.34. The molecule has 0 aromatic carbocycles. The van der Waals surface area contributed by atoms with Crippen molar-refractivity contribution in [1.29, 1.82) is 0 Å². The Bertz CT molecular complexity index is 458. The van der Waals surface area contributed by atoms with Gasteiger partial charge in [0.25, 0.3) is 0 Å². The molecule has 0 amide bonds. The molecule has 0 aliphatic rings. The van der Waals surface area contributed by atoms with Gasteiger partial charge in [-0.2, -0.15) is 0 Å². The summed E-state index contributed by atoms with van der Waals surface area (Å²) < 4.78 is 1.69. The predicted molar refractivity (Wildman–Crippen MR) is 70.1 cm³/mol. The van der Waals surface area contributed by atoms with Crippen LogP contribution in [-0.4, -0.2) is 37.5 Å². The van der Waals surface area contributed by atoms with E-state index in [1.165, 1.54) is 0 Å². The summed E-state index contributed by atoms with van der Waals surface area (Å²) in [5.74, 6) is 1.00. The van der Waals surface area contributed by atoms with E-state index < -0.39 is 0 Å². The van der Waals surface area contributed by atoms with Crippen LogP contribution in [0.3, 0.4) is 0 Å². The van der Waals surface area contributed by atoms with Gasteiger partial charge >= 0.3 is 0 Å². The summed E-state index contributed by atoms with van der Waals surface area (Å²) in [7, 11) is 1.85. The highest BCUT2D eigenvalue weighted by Crippen LogP contribution is 2.12. The molecular formula is C11H16N6S. The van der Waals surface area contributed by atoms with Crippen molar-refractivity contribution in [1.82, 2.24) is 30.5 Å². The van der Waals surface area contributed by atoms with Crippen molar-refractivity contribution in [2.75, 3.05) is 12.3 Å². The molecule has 2 heterocycles. The van der Waals surface area contributed by atoms with E-state index in [0.29, 0.717) is 0 Å².